The maximum atomic E-state index is 11.8. The summed E-state index contributed by atoms with van der Waals surface area (Å²) in [6.07, 6.45) is 2.27. The second-order valence-corrected chi connectivity index (χ2v) is 5.13. The summed E-state index contributed by atoms with van der Waals surface area (Å²) in [5.74, 6) is -0.544. The van der Waals surface area contributed by atoms with E-state index in [4.69, 9.17) is 0 Å². The molecule has 19 heavy (non-hydrogen) atoms. The lowest BCUT2D eigenvalue weighted by Gasteiger charge is -2.07. The Kier molecular flexibility index (Phi) is 3.09. The molecule has 1 heterocycles. The van der Waals surface area contributed by atoms with E-state index in [0.717, 1.165) is 24.4 Å². The van der Waals surface area contributed by atoms with Gasteiger partial charge in [0, 0.05) is 6.07 Å². The lowest BCUT2D eigenvalue weighted by atomic mass is 10.3. The fraction of sp³-hybridized carbons (Fsp3) is 0. The number of nitrogens with zero attached hydrogens (tertiary/aromatic N) is 2. The number of benzene rings is 1. The Morgan fingerprint density at radius 3 is 2.68 bits per heavy atom. The Hall–Kier alpha value is -2.62. The maximum Gasteiger partial charge on any atom is 0.279 e. The van der Waals surface area contributed by atoms with E-state index in [1.807, 2.05) is 0 Å². The van der Waals surface area contributed by atoms with Crippen LogP contribution in [0.2, 0.25) is 0 Å². The van der Waals surface area contributed by atoms with Gasteiger partial charge in [-0.3, -0.25) is 14.8 Å². The van der Waals surface area contributed by atoms with Gasteiger partial charge < -0.3 is 10.1 Å². The molecule has 100 valence electrons. The number of nitro benzene ring substituents is 1. The van der Waals surface area contributed by atoms with Crippen molar-refractivity contribution in [3.8, 4) is 5.75 Å². The van der Waals surface area contributed by atoms with Crippen molar-refractivity contribution < 1.29 is 18.4 Å². The molecule has 10 heteroatoms. The predicted molar refractivity (Wildman–Crippen MR) is 64.2 cm³/mol. The van der Waals surface area contributed by atoms with Crippen molar-refractivity contribution in [3.63, 3.8) is 0 Å². The van der Waals surface area contributed by atoms with Crippen molar-refractivity contribution in [2.45, 2.75) is 5.03 Å². The average molecular weight is 284 g/mol. The zero-order valence-corrected chi connectivity index (χ0v) is 10.1. The number of sulfonamides is 1. The van der Waals surface area contributed by atoms with Crippen LogP contribution < -0.4 is 4.72 Å². The highest BCUT2D eigenvalue weighted by Gasteiger charge is 2.18. The lowest BCUT2D eigenvalue weighted by Crippen LogP contribution is -2.13. The van der Waals surface area contributed by atoms with Crippen LogP contribution in [-0.4, -0.2) is 28.4 Å². The number of H-pyrrole nitrogens is 1. The van der Waals surface area contributed by atoms with E-state index in [-0.39, 0.29) is 16.4 Å². The van der Waals surface area contributed by atoms with Crippen molar-refractivity contribution in [2.75, 3.05) is 4.72 Å². The van der Waals surface area contributed by atoms with Crippen LogP contribution in [0.5, 0.6) is 5.75 Å². The molecule has 0 fully saturated rings. The molecule has 0 saturated carbocycles. The number of aromatic hydroxyl groups is 1. The van der Waals surface area contributed by atoms with E-state index in [1.54, 1.807) is 0 Å². The van der Waals surface area contributed by atoms with Crippen LogP contribution in [0.15, 0.2) is 35.7 Å². The number of hydrogen-bond donors (Lipinski definition) is 3. The number of hydrogen-bond acceptors (Lipinski definition) is 6. The molecule has 9 nitrogen and oxygen atoms in total. The van der Waals surface area contributed by atoms with E-state index >= 15 is 0 Å². The predicted octanol–water partition coefficient (Wildman–Crippen LogP) is 0.824. The Bertz CT molecular complexity index is 710. The minimum Gasteiger partial charge on any atom is -0.505 e. The molecule has 0 aliphatic carbocycles. The van der Waals surface area contributed by atoms with Crippen molar-refractivity contribution in [3.05, 3.63) is 40.8 Å². The molecular formula is C9H8N4O5S. The first-order valence-electron chi connectivity index (χ1n) is 4.89. The van der Waals surface area contributed by atoms with Gasteiger partial charge in [-0.1, -0.05) is 0 Å². The molecule has 0 amide bonds. The van der Waals surface area contributed by atoms with Gasteiger partial charge in [0.15, 0.2) is 5.03 Å². The molecule has 1 aromatic heterocycles. The Morgan fingerprint density at radius 2 is 2.16 bits per heavy atom. The third-order valence-corrected chi connectivity index (χ3v) is 3.49. The number of rotatable bonds is 4. The lowest BCUT2D eigenvalue weighted by molar-refractivity contribution is -0.384. The van der Waals surface area contributed by atoms with Gasteiger partial charge in [-0.15, -0.1) is 0 Å². The number of non-ortho nitro benzene ring substituents is 1. The van der Waals surface area contributed by atoms with Crippen LogP contribution in [0, 0.1) is 10.1 Å². The molecule has 0 unspecified atom stereocenters. The van der Waals surface area contributed by atoms with E-state index in [9.17, 15) is 23.6 Å². The number of phenols is 1. The van der Waals surface area contributed by atoms with Gasteiger partial charge in [-0.2, -0.15) is 8.42 Å². The quantitative estimate of drug-likeness (QED) is 0.431. The fourth-order valence-electron chi connectivity index (χ4n) is 1.31. The summed E-state index contributed by atoms with van der Waals surface area (Å²) < 4.78 is 25.7. The number of nitrogens with one attached hydrogen (secondary N) is 2. The molecule has 2 rings (SSSR count). The highest BCUT2D eigenvalue weighted by atomic mass is 32.2. The summed E-state index contributed by atoms with van der Waals surface area (Å²) in [7, 11) is -3.92. The van der Waals surface area contributed by atoms with E-state index in [2.05, 4.69) is 14.7 Å². The molecule has 0 aliphatic heterocycles. The number of imidazole rings is 1. The first kappa shape index (κ1) is 12.8. The van der Waals surface area contributed by atoms with E-state index in [1.165, 1.54) is 6.33 Å². The van der Waals surface area contributed by atoms with Crippen molar-refractivity contribution in [1.82, 2.24) is 9.97 Å². The average Bonchev–Trinajstić information content (AvgIpc) is 2.85. The first-order chi connectivity index (χ1) is 8.90. The van der Waals surface area contributed by atoms with Crippen LogP contribution in [0.1, 0.15) is 0 Å². The third kappa shape index (κ3) is 2.63. The fourth-order valence-corrected chi connectivity index (χ4v) is 2.29. The van der Waals surface area contributed by atoms with Gasteiger partial charge in [0.1, 0.15) is 5.75 Å². The highest BCUT2D eigenvalue weighted by molar-refractivity contribution is 7.92. The molecule has 1 aromatic carbocycles. The van der Waals surface area contributed by atoms with Gasteiger partial charge in [-0.05, 0) is 6.07 Å². The van der Waals surface area contributed by atoms with Crippen LogP contribution >= 0.6 is 0 Å². The van der Waals surface area contributed by atoms with Crippen LogP contribution in [0.3, 0.4) is 0 Å². The van der Waals surface area contributed by atoms with Gasteiger partial charge in [0.05, 0.1) is 29.2 Å². The molecular weight excluding hydrogens is 276 g/mol. The normalized spacial score (nSPS) is 11.2. The molecule has 0 bridgehead atoms. The monoisotopic (exact) mass is 284 g/mol. The van der Waals surface area contributed by atoms with Crippen molar-refractivity contribution in [2.24, 2.45) is 0 Å². The Balaban J connectivity index is 2.32. The molecule has 0 saturated heterocycles. The number of aromatic nitrogens is 2. The smallest absolute Gasteiger partial charge is 0.279 e. The zero-order chi connectivity index (χ0) is 14.0. The highest BCUT2D eigenvalue weighted by Crippen LogP contribution is 2.29. The van der Waals surface area contributed by atoms with E-state index < -0.39 is 20.7 Å². The van der Waals surface area contributed by atoms with Gasteiger partial charge in [0.25, 0.3) is 15.7 Å². The SMILES string of the molecule is O=[N+]([O-])c1ccc(NS(=O)(=O)c2cnc[nH]2)c(O)c1. The summed E-state index contributed by atoms with van der Waals surface area (Å²) in [5.41, 5.74) is -0.512. The first-order valence-corrected chi connectivity index (χ1v) is 6.37. The Morgan fingerprint density at radius 1 is 1.42 bits per heavy atom. The van der Waals surface area contributed by atoms with Gasteiger partial charge in [-0.25, -0.2) is 4.98 Å². The Labute approximate surface area is 107 Å². The topological polar surface area (TPSA) is 138 Å². The van der Waals surface area contributed by atoms with Crippen LogP contribution in [-0.2, 0) is 10.0 Å². The largest absolute Gasteiger partial charge is 0.505 e. The van der Waals surface area contributed by atoms with Crippen LogP contribution in [0.25, 0.3) is 0 Å². The summed E-state index contributed by atoms with van der Waals surface area (Å²) in [5, 5.41) is 19.8. The number of phenolic OH excluding ortho intramolecular Hbond substituents is 1. The summed E-state index contributed by atoms with van der Waals surface area (Å²) in [6.45, 7) is 0. The standard InChI is InChI=1S/C9H8N4O5S/c14-8-3-6(13(15)16)1-2-7(8)12-19(17,18)9-4-10-5-11-9/h1-5,12,14H,(H,10,11). The zero-order valence-electron chi connectivity index (χ0n) is 9.27. The van der Waals surface area contributed by atoms with Crippen LogP contribution in [0.4, 0.5) is 11.4 Å². The molecule has 3 N–H and O–H groups in total. The number of nitro groups is 1. The van der Waals surface area contributed by atoms with Gasteiger partial charge in [0.2, 0.25) is 0 Å². The molecule has 0 aliphatic rings. The number of aromatic amines is 1. The molecule has 0 spiro atoms. The van der Waals surface area contributed by atoms with Gasteiger partial charge >= 0.3 is 0 Å². The molecule has 0 atom stereocenters. The summed E-state index contributed by atoms with van der Waals surface area (Å²) >= 11 is 0. The second kappa shape index (κ2) is 4.57. The van der Waals surface area contributed by atoms with Crippen molar-refractivity contribution in [1.29, 1.82) is 0 Å². The minimum atomic E-state index is -3.92. The molecule has 0 radical (unpaired) electrons. The number of anilines is 1. The van der Waals surface area contributed by atoms with E-state index in [0.29, 0.717) is 0 Å². The summed E-state index contributed by atoms with van der Waals surface area (Å²) in [6, 6.07) is 3.02. The summed E-state index contributed by atoms with van der Waals surface area (Å²) in [4.78, 5) is 15.7. The third-order valence-electron chi connectivity index (χ3n) is 2.20. The van der Waals surface area contributed by atoms with Crippen molar-refractivity contribution >= 4 is 21.4 Å². The molecule has 2 aromatic rings. The second-order valence-electron chi connectivity index (χ2n) is 3.48. The maximum absolute atomic E-state index is 11.8. The minimum absolute atomic E-state index is 0.166.